The van der Waals surface area contributed by atoms with Gasteiger partial charge in [0.15, 0.2) is 5.69 Å². The molecule has 19 heavy (non-hydrogen) atoms. The molecule has 1 aromatic rings. The number of hydrogen-bond acceptors (Lipinski definition) is 4. The highest BCUT2D eigenvalue weighted by Crippen LogP contribution is 2.40. The van der Waals surface area contributed by atoms with Crippen LogP contribution in [0.25, 0.3) is 0 Å². The summed E-state index contributed by atoms with van der Waals surface area (Å²) in [7, 11) is 1.49. The van der Waals surface area contributed by atoms with Gasteiger partial charge < -0.3 is 10.6 Å². The molecule has 1 aliphatic carbocycles. The number of nitrogens with one attached hydrogen (secondary N) is 2. The summed E-state index contributed by atoms with van der Waals surface area (Å²) >= 11 is 0. The molecule has 0 aromatic carbocycles. The average molecular weight is 274 g/mol. The Hall–Kier alpha value is -1.53. The third-order valence-corrected chi connectivity index (χ3v) is 3.50. The first kappa shape index (κ1) is 13.9. The number of hydrogen-bond donors (Lipinski definition) is 2. The Morgan fingerprint density at radius 2 is 2.00 bits per heavy atom. The zero-order chi connectivity index (χ0) is 14.1. The lowest BCUT2D eigenvalue weighted by atomic mass is 9.70. The van der Waals surface area contributed by atoms with Crippen molar-refractivity contribution in [3.63, 3.8) is 0 Å². The molecule has 0 bridgehead atoms. The second-order valence-corrected chi connectivity index (χ2v) is 5.23. The van der Waals surface area contributed by atoms with E-state index in [-0.39, 0.29) is 17.2 Å². The van der Waals surface area contributed by atoms with E-state index >= 15 is 0 Å². The van der Waals surface area contributed by atoms with Gasteiger partial charge in [0, 0.05) is 19.7 Å². The van der Waals surface area contributed by atoms with Crippen LogP contribution in [-0.2, 0) is 6.18 Å². The van der Waals surface area contributed by atoms with Crippen LogP contribution in [-0.4, -0.2) is 23.6 Å². The molecule has 1 heterocycles. The largest absolute Gasteiger partial charge is 0.433 e. The number of halogens is 3. The lowest BCUT2D eigenvalue weighted by molar-refractivity contribution is -0.141. The van der Waals surface area contributed by atoms with Gasteiger partial charge in [-0.1, -0.05) is 13.3 Å². The van der Waals surface area contributed by atoms with E-state index in [0.29, 0.717) is 6.54 Å². The zero-order valence-corrected chi connectivity index (χ0v) is 10.9. The monoisotopic (exact) mass is 274 g/mol. The molecule has 7 heteroatoms. The molecule has 4 nitrogen and oxygen atoms in total. The summed E-state index contributed by atoms with van der Waals surface area (Å²) in [4.78, 5) is 7.41. The predicted octanol–water partition coefficient (Wildman–Crippen LogP) is 3.14. The minimum absolute atomic E-state index is 0.0314. The van der Waals surface area contributed by atoms with Crippen LogP contribution in [0.3, 0.4) is 0 Å². The predicted molar refractivity (Wildman–Crippen MR) is 67.0 cm³/mol. The van der Waals surface area contributed by atoms with Crippen LogP contribution < -0.4 is 10.6 Å². The minimum Gasteiger partial charge on any atom is -0.369 e. The van der Waals surface area contributed by atoms with Crippen LogP contribution in [0.15, 0.2) is 6.07 Å². The summed E-state index contributed by atoms with van der Waals surface area (Å²) < 4.78 is 38.1. The van der Waals surface area contributed by atoms with Gasteiger partial charge in [-0.3, -0.25) is 0 Å². The van der Waals surface area contributed by atoms with Gasteiger partial charge in [0.1, 0.15) is 5.82 Å². The van der Waals surface area contributed by atoms with Gasteiger partial charge >= 0.3 is 6.18 Å². The summed E-state index contributed by atoms with van der Waals surface area (Å²) in [5.41, 5.74) is -0.767. The van der Waals surface area contributed by atoms with Crippen LogP contribution in [0, 0.1) is 5.41 Å². The lowest BCUT2D eigenvalue weighted by Gasteiger charge is -2.38. The molecule has 0 atom stereocenters. The first-order valence-corrected chi connectivity index (χ1v) is 6.20. The standard InChI is InChI=1S/C12H17F3N4/c1-11(4-3-5-11)7-17-9-6-8(12(13,14)15)18-10(16-2)19-9/h6H,3-5,7H2,1-2H3,(H2,16,17,18,19). The maximum atomic E-state index is 12.7. The molecule has 0 unspecified atom stereocenters. The van der Waals surface area contributed by atoms with Crippen molar-refractivity contribution >= 4 is 11.8 Å². The van der Waals surface area contributed by atoms with E-state index in [1.54, 1.807) is 0 Å². The molecule has 1 saturated carbocycles. The highest BCUT2D eigenvalue weighted by atomic mass is 19.4. The Labute approximate surface area is 109 Å². The van der Waals surface area contributed by atoms with Crippen molar-refractivity contribution in [3.8, 4) is 0 Å². The smallest absolute Gasteiger partial charge is 0.369 e. The van der Waals surface area contributed by atoms with Gasteiger partial charge in [0.2, 0.25) is 5.95 Å². The SMILES string of the molecule is CNc1nc(NCC2(C)CCC2)cc(C(F)(F)F)n1. The summed E-state index contributed by atoms with van der Waals surface area (Å²) in [5, 5.41) is 5.53. The van der Waals surface area contributed by atoms with Crippen molar-refractivity contribution < 1.29 is 13.2 Å². The van der Waals surface area contributed by atoms with E-state index in [2.05, 4.69) is 27.5 Å². The van der Waals surface area contributed by atoms with Crippen molar-refractivity contribution in [1.29, 1.82) is 0 Å². The fraction of sp³-hybridized carbons (Fsp3) is 0.667. The molecule has 0 saturated heterocycles. The summed E-state index contributed by atoms with van der Waals surface area (Å²) in [6.45, 7) is 2.75. The Morgan fingerprint density at radius 1 is 1.32 bits per heavy atom. The zero-order valence-electron chi connectivity index (χ0n) is 10.9. The second-order valence-electron chi connectivity index (χ2n) is 5.23. The average Bonchev–Trinajstić information content (AvgIpc) is 2.32. The number of aromatic nitrogens is 2. The Bertz CT molecular complexity index is 455. The first-order chi connectivity index (χ1) is 8.82. The van der Waals surface area contributed by atoms with E-state index < -0.39 is 11.9 Å². The van der Waals surface area contributed by atoms with E-state index in [4.69, 9.17) is 0 Å². The highest BCUT2D eigenvalue weighted by Gasteiger charge is 2.34. The topological polar surface area (TPSA) is 49.8 Å². The van der Waals surface area contributed by atoms with Crippen molar-refractivity contribution in [2.45, 2.75) is 32.4 Å². The van der Waals surface area contributed by atoms with Crippen molar-refractivity contribution in [2.24, 2.45) is 5.41 Å². The molecule has 1 aliphatic rings. The molecule has 0 amide bonds. The molecule has 1 aromatic heterocycles. The molecule has 2 rings (SSSR count). The fourth-order valence-electron chi connectivity index (χ4n) is 2.06. The molecule has 0 spiro atoms. The number of nitrogens with zero attached hydrogens (tertiary/aromatic N) is 2. The fourth-order valence-corrected chi connectivity index (χ4v) is 2.06. The number of anilines is 2. The van der Waals surface area contributed by atoms with E-state index in [0.717, 1.165) is 18.9 Å². The molecular weight excluding hydrogens is 257 g/mol. The summed E-state index contributed by atoms with van der Waals surface area (Å²) in [5.74, 6) is 0.177. The van der Waals surface area contributed by atoms with Gasteiger partial charge in [-0.05, 0) is 18.3 Å². The maximum Gasteiger partial charge on any atom is 0.433 e. The molecule has 106 valence electrons. The van der Waals surface area contributed by atoms with Crippen LogP contribution >= 0.6 is 0 Å². The second kappa shape index (κ2) is 4.86. The molecule has 2 N–H and O–H groups in total. The first-order valence-electron chi connectivity index (χ1n) is 6.20. The summed E-state index contributed by atoms with van der Waals surface area (Å²) in [6, 6.07) is 0.947. The van der Waals surface area contributed by atoms with Crippen LogP contribution in [0.1, 0.15) is 31.9 Å². The number of alkyl halides is 3. The van der Waals surface area contributed by atoms with Gasteiger partial charge in [-0.2, -0.15) is 18.2 Å². The van der Waals surface area contributed by atoms with Gasteiger partial charge in [0.25, 0.3) is 0 Å². The quantitative estimate of drug-likeness (QED) is 0.885. The van der Waals surface area contributed by atoms with E-state index in [9.17, 15) is 13.2 Å². The van der Waals surface area contributed by atoms with Crippen molar-refractivity contribution in [2.75, 3.05) is 24.2 Å². The van der Waals surface area contributed by atoms with Crippen LogP contribution in [0.4, 0.5) is 24.9 Å². The lowest BCUT2D eigenvalue weighted by Crippen LogP contribution is -2.33. The van der Waals surface area contributed by atoms with E-state index in [1.165, 1.54) is 13.5 Å². The molecule has 1 fully saturated rings. The van der Waals surface area contributed by atoms with Gasteiger partial charge in [0.05, 0.1) is 0 Å². The number of rotatable bonds is 4. The summed E-state index contributed by atoms with van der Waals surface area (Å²) in [6.07, 6.45) is -1.10. The van der Waals surface area contributed by atoms with Crippen molar-refractivity contribution in [3.05, 3.63) is 11.8 Å². The van der Waals surface area contributed by atoms with Crippen molar-refractivity contribution in [1.82, 2.24) is 9.97 Å². The Morgan fingerprint density at radius 3 is 2.47 bits per heavy atom. The molecule has 0 radical (unpaired) electrons. The maximum absolute atomic E-state index is 12.7. The Balaban J connectivity index is 2.15. The normalized spacial score (nSPS) is 17.7. The highest BCUT2D eigenvalue weighted by molar-refractivity contribution is 5.43. The molecular formula is C12H17F3N4. The van der Waals surface area contributed by atoms with E-state index in [1.807, 2.05) is 0 Å². The minimum atomic E-state index is -4.47. The van der Waals surface area contributed by atoms with Crippen LogP contribution in [0.5, 0.6) is 0 Å². The molecule has 0 aliphatic heterocycles. The van der Waals surface area contributed by atoms with Crippen LogP contribution in [0.2, 0.25) is 0 Å². The third kappa shape index (κ3) is 3.27. The third-order valence-electron chi connectivity index (χ3n) is 3.50. The van der Waals surface area contributed by atoms with Gasteiger partial charge in [-0.15, -0.1) is 0 Å². The Kier molecular flexibility index (Phi) is 3.56. The van der Waals surface area contributed by atoms with Gasteiger partial charge in [-0.25, -0.2) is 4.98 Å².